The van der Waals surface area contributed by atoms with Crippen molar-refractivity contribution in [3.05, 3.63) is 32.7 Å². The number of hydrogen-bond acceptors (Lipinski definition) is 5. The minimum Gasteiger partial charge on any atom is -0.493 e. The van der Waals surface area contributed by atoms with Gasteiger partial charge in [-0.25, -0.2) is 0 Å². The van der Waals surface area contributed by atoms with Crippen molar-refractivity contribution in [2.75, 3.05) is 21.3 Å². The van der Waals surface area contributed by atoms with Gasteiger partial charge < -0.3 is 18.8 Å². The van der Waals surface area contributed by atoms with Gasteiger partial charge in [0.05, 0.1) is 21.3 Å². The van der Waals surface area contributed by atoms with Crippen LogP contribution in [0, 0.1) is 10.9 Å². The second kappa shape index (κ2) is 6.28. The molecular weight excluding hydrogens is 294 g/mol. The van der Waals surface area contributed by atoms with E-state index >= 15 is 0 Å². The Labute approximate surface area is 127 Å². The van der Waals surface area contributed by atoms with Gasteiger partial charge in [0.25, 0.3) is 0 Å². The van der Waals surface area contributed by atoms with E-state index in [-0.39, 0.29) is 0 Å². The molecular formula is C14H17NO3S2. The molecule has 0 radical (unpaired) electrons. The van der Waals surface area contributed by atoms with Crippen LogP contribution in [-0.4, -0.2) is 25.9 Å². The molecule has 0 fully saturated rings. The molecule has 0 spiro atoms. The maximum absolute atomic E-state index is 5.36. The highest BCUT2D eigenvalue weighted by atomic mass is 32.1. The third kappa shape index (κ3) is 2.81. The van der Waals surface area contributed by atoms with E-state index in [9.17, 15) is 0 Å². The second-order valence-electron chi connectivity index (χ2n) is 4.26. The van der Waals surface area contributed by atoms with Crippen LogP contribution in [0.5, 0.6) is 17.2 Å². The minimum absolute atomic E-state index is 0.601. The van der Waals surface area contributed by atoms with Crippen LogP contribution < -0.4 is 14.2 Å². The first kappa shape index (κ1) is 14.9. The monoisotopic (exact) mass is 311 g/mol. The Hall–Kier alpha value is -1.53. The van der Waals surface area contributed by atoms with Crippen LogP contribution in [0.25, 0.3) is 0 Å². The molecule has 2 rings (SSSR count). The molecule has 20 heavy (non-hydrogen) atoms. The van der Waals surface area contributed by atoms with Gasteiger partial charge in [0, 0.05) is 17.6 Å². The van der Waals surface area contributed by atoms with Crippen molar-refractivity contribution >= 4 is 23.6 Å². The third-order valence-corrected chi connectivity index (χ3v) is 4.43. The number of aryl methyl sites for hydroxylation is 1. The maximum Gasteiger partial charge on any atom is 0.203 e. The summed E-state index contributed by atoms with van der Waals surface area (Å²) in [5.41, 5.74) is 2.20. The van der Waals surface area contributed by atoms with Gasteiger partial charge in [0.1, 0.15) is 0 Å². The molecule has 1 heterocycles. The van der Waals surface area contributed by atoms with Crippen molar-refractivity contribution in [2.45, 2.75) is 13.5 Å². The Morgan fingerprint density at radius 3 is 2.10 bits per heavy atom. The number of rotatable bonds is 5. The van der Waals surface area contributed by atoms with Gasteiger partial charge in [-0.1, -0.05) is 0 Å². The summed E-state index contributed by atoms with van der Waals surface area (Å²) in [6.07, 6.45) is 0. The van der Waals surface area contributed by atoms with E-state index in [4.69, 9.17) is 26.4 Å². The predicted octanol–water partition coefficient (Wildman–Crippen LogP) is 3.66. The molecule has 0 saturated carbocycles. The highest BCUT2D eigenvalue weighted by molar-refractivity contribution is 7.73. The van der Waals surface area contributed by atoms with Gasteiger partial charge in [-0.05, 0) is 36.8 Å². The lowest BCUT2D eigenvalue weighted by Crippen LogP contribution is -2.03. The summed E-state index contributed by atoms with van der Waals surface area (Å²) in [7, 11) is 4.82. The largest absolute Gasteiger partial charge is 0.493 e. The average molecular weight is 311 g/mol. The summed E-state index contributed by atoms with van der Waals surface area (Å²) in [4.78, 5) is 0. The van der Waals surface area contributed by atoms with E-state index in [1.807, 2.05) is 19.1 Å². The smallest absolute Gasteiger partial charge is 0.203 e. The third-order valence-electron chi connectivity index (χ3n) is 3.04. The number of methoxy groups -OCH3 is 3. The minimum atomic E-state index is 0.601. The first-order chi connectivity index (χ1) is 9.60. The Bertz CT molecular complexity index is 636. The highest BCUT2D eigenvalue weighted by Gasteiger charge is 2.13. The molecule has 0 amide bonds. The summed E-state index contributed by atoms with van der Waals surface area (Å²) < 4.78 is 19.0. The molecule has 0 bridgehead atoms. The highest BCUT2D eigenvalue weighted by Crippen LogP contribution is 2.38. The van der Waals surface area contributed by atoms with Crippen LogP contribution in [0.4, 0.5) is 0 Å². The standard InChI is InChI=1S/C14H17NO3S2/c1-9-8-20-14(19)15(9)7-10-5-11(16-2)13(18-4)12(6-10)17-3/h5-6,8H,7H2,1-4H3. The fourth-order valence-corrected chi connectivity index (χ4v) is 3.09. The topological polar surface area (TPSA) is 32.6 Å². The van der Waals surface area contributed by atoms with Gasteiger partial charge in [-0.15, -0.1) is 11.3 Å². The molecule has 1 aromatic carbocycles. The normalized spacial score (nSPS) is 10.4. The van der Waals surface area contributed by atoms with E-state index in [2.05, 4.69) is 9.95 Å². The lowest BCUT2D eigenvalue weighted by atomic mass is 10.1. The molecule has 0 aliphatic heterocycles. The van der Waals surface area contributed by atoms with Crippen LogP contribution in [0.2, 0.25) is 0 Å². The van der Waals surface area contributed by atoms with Gasteiger partial charge >= 0.3 is 0 Å². The SMILES string of the molecule is COc1cc(Cn2c(C)csc2=S)cc(OC)c1OC. The van der Waals surface area contributed by atoms with Crippen LogP contribution >= 0.6 is 23.6 Å². The van der Waals surface area contributed by atoms with Gasteiger partial charge in [0.15, 0.2) is 15.5 Å². The summed E-state index contributed by atoms with van der Waals surface area (Å²) in [6.45, 7) is 2.73. The van der Waals surface area contributed by atoms with E-state index in [0.29, 0.717) is 23.8 Å². The van der Waals surface area contributed by atoms with Crippen LogP contribution in [-0.2, 0) is 6.54 Å². The zero-order chi connectivity index (χ0) is 14.7. The summed E-state index contributed by atoms with van der Waals surface area (Å²) >= 11 is 6.91. The first-order valence-electron chi connectivity index (χ1n) is 6.04. The molecule has 2 aromatic rings. The van der Waals surface area contributed by atoms with E-state index in [1.165, 1.54) is 0 Å². The number of benzene rings is 1. The van der Waals surface area contributed by atoms with Crippen LogP contribution in [0.3, 0.4) is 0 Å². The van der Waals surface area contributed by atoms with Crippen molar-refractivity contribution in [3.8, 4) is 17.2 Å². The fourth-order valence-electron chi connectivity index (χ4n) is 2.01. The quantitative estimate of drug-likeness (QED) is 0.789. The number of ether oxygens (including phenoxy) is 3. The average Bonchev–Trinajstić information content (AvgIpc) is 2.77. The zero-order valence-corrected chi connectivity index (χ0v) is 13.6. The molecule has 0 aliphatic rings. The summed E-state index contributed by atoms with van der Waals surface area (Å²) in [5, 5.41) is 2.06. The van der Waals surface area contributed by atoms with E-state index in [1.54, 1.807) is 32.7 Å². The molecule has 6 heteroatoms. The summed E-state index contributed by atoms with van der Waals surface area (Å²) in [5.74, 6) is 1.91. The van der Waals surface area contributed by atoms with E-state index < -0.39 is 0 Å². The van der Waals surface area contributed by atoms with Gasteiger partial charge in [-0.2, -0.15) is 0 Å². The van der Waals surface area contributed by atoms with Crippen LogP contribution in [0.1, 0.15) is 11.3 Å². The molecule has 0 saturated heterocycles. The summed E-state index contributed by atoms with van der Waals surface area (Å²) in [6, 6.07) is 3.89. The van der Waals surface area contributed by atoms with Gasteiger partial charge in [0.2, 0.25) is 5.75 Å². The molecule has 0 unspecified atom stereocenters. The number of nitrogens with zero attached hydrogens (tertiary/aromatic N) is 1. The lowest BCUT2D eigenvalue weighted by Gasteiger charge is -2.14. The predicted molar refractivity (Wildman–Crippen MR) is 83.1 cm³/mol. The second-order valence-corrected chi connectivity index (χ2v) is 5.77. The Morgan fingerprint density at radius 1 is 1.10 bits per heavy atom. The van der Waals surface area contributed by atoms with Crippen molar-refractivity contribution in [1.29, 1.82) is 0 Å². The van der Waals surface area contributed by atoms with Crippen molar-refractivity contribution in [2.24, 2.45) is 0 Å². The van der Waals surface area contributed by atoms with Crippen molar-refractivity contribution < 1.29 is 14.2 Å². The molecule has 4 nitrogen and oxygen atoms in total. The van der Waals surface area contributed by atoms with Crippen LogP contribution in [0.15, 0.2) is 17.5 Å². The van der Waals surface area contributed by atoms with Crippen molar-refractivity contribution in [1.82, 2.24) is 4.57 Å². The Balaban J connectivity index is 2.45. The van der Waals surface area contributed by atoms with E-state index in [0.717, 1.165) is 15.2 Å². The lowest BCUT2D eigenvalue weighted by molar-refractivity contribution is 0.323. The number of thiazole rings is 1. The number of hydrogen-bond donors (Lipinski definition) is 0. The first-order valence-corrected chi connectivity index (χ1v) is 7.33. The molecule has 108 valence electrons. The zero-order valence-electron chi connectivity index (χ0n) is 11.9. The van der Waals surface area contributed by atoms with Crippen molar-refractivity contribution in [3.63, 3.8) is 0 Å². The number of aromatic nitrogens is 1. The molecule has 0 atom stereocenters. The maximum atomic E-state index is 5.36. The molecule has 0 aliphatic carbocycles. The molecule has 0 N–H and O–H groups in total. The van der Waals surface area contributed by atoms with Gasteiger partial charge in [-0.3, -0.25) is 0 Å². The Kier molecular flexibility index (Phi) is 4.67. The Morgan fingerprint density at radius 2 is 1.70 bits per heavy atom. The fraction of sp³-hybridized carbons (Fsp3) is 0.357. The molecule has 1 aromatic heterocycles.